The van der Waals surface area contributed by atoms with Crippen LogP contribution in [0.2, 0.25) is 0 Å². The molecule has 8 heteroatoms. The van der Waals surface area contributed by atoms with E-state index < -0.39 is 9.84 Å². The van der Waals surface area contributed by atoms with Crippen molar-refractivity contribution in [1.29, 1.82) is 0 Å². The first kappa shape index (κ1) is 24.7. The standard InChI is InChI=1S/C20H32N4O2S.HI/c1-5-16-8-7-9-18-17(14-23-19(16)18)10-12-22-20(21-6-2)24-15(3)11-13-27(4,25)26;/h7-9,14-15,23H,5-6,10-13H2,1-4H3,(H2,21,22,24);1H. The molecule has 0 bridgehead atoms. The Hall–Kier alpha value is -1.29. The lowest BCUT2D eigenvalue weighted by Gasteiger charge is -2.17. The number of nitrogens with one attached hydrogen (secondary N) is 3. The van der Waals surface area contributed by atoms with Crippen LogP contribution in [0.4, 0.5) is 0 Å². The van der Waals surface area contributed by atoms with E-state index in [1.807, 2.05) is 13.8 Å². The molecule has 28 heavy (non-hydrogen) atoms. The summed E-state index contributed by atoms with van der Waals surface area (Å²) in [4.78, 5) is 8.05. The van der Waals surface area contributed by atoms with Crippen LogP contribution in [0.5, 0.6) is 0 Å². The Morgan fingerprint density at radius 1 is 1.25 bits per heavy atom. The van der Waals surface area contributed by atoms with Gasteiger partial charge in [0.1, 0.15) is 9.84 Å². The number of aromatic amines is 1. The Kier molecular flexibility index (Phi) is 10.3. The van der Waals surface area contributed by atoms with Crippen LogP contribution in [0.3, 0.4) is 0 Å². The molecule has 1 atom stereocenters. The fraction of sp³-hybridized carbons (Fsp3) is 0.550. The molecule has 3 N–H and O–H groups in total. The number of nitrogens with zero attached hydrogens (tertiary/aromatic N) is 1. The number of hydrogen-bond acceptors (Lipinski definition) is 3. The maximum Gasteiger partial charge on any atom is 0.191 e. The van der Waals surface area contributed by atoms with E-state index in [-0.39, 0.29) is 35.8 Å². The average molecular weight is 520 g/mol. The number of rotatable bonds is 9. The molecule has 2 rings (SSSR count). The van der Waals surface area contributed by atoms with E-state index in [1.165, 1.54) is 28.3 Å². The van der Waals surface area contributed by atoms with Gasteiger partial charge >= 0.3 is 0 Å². The van der Waals surface area contributed by atoms with E-state index in [4.69, 9.17) is 0 Å². The second-order valence-electron chi connectivity index (χ2n) is 6.98. The highest BCUT2D eigenvalue weighted by Crippen LogP contribution is 2.22. The summed E-state index contributed by atoms with van der Waals surface area (Å²) in [6, 6.07) is 6.46. The van der Waals surface area contributed by atoms with Gasteiger partial charge in [-0.15, -0.1) is 24.0 Å². The van der Waals surface area contributed by atoms with Crippen molar-refractivity contribution < 1.29 is 8.42 Å². The van der Waals surface area contributed by atoms with Crippen LogP contribution < -0.4 is 10.6 Å². The summed E-state index contributed by atoms with van der Waals surface area (Å²) in [6.45, 7) is 7.59. The van der Waals surface area contributed by atoms with Gasteiger partial charge in [-0.1, -0.05) is 25.1 Å². The summed E-state index contributed by atoms with van der Waals surface area (Å²) >= 11 is 0. The van der Waals surface area contributed by atoms with Gasteiger partial charge in [0.25, 0.3) is 0 Å². The largest absolute Gasteiger partial charge is 0.361 e. The van der Waals surface area contributed by atoms with Crippen molar-refractivity contribution in [3.8, 4) is 0 Å². The third kappa shape index (κ3) is 7.62. The minimum atomic E-state index is -2.94. The van der Waals surface area contributed by atoms with Crippen molar-refractivity contribution in [3.05, 3.63) is 35.5 Å². The molecule has 0 aliphatic rings. The molecule has 1 aromatic heterocycles. The Morgan fingerprint density at radius 2 is 2.00 bits per heavy atom. The predicted molar refractivity (Wildman–Crippen MR) is 130 cm³/mol. The quantitative estimate of drug-likeness (QED) is 0.269. The summed E-state index contributed by atoms with van der Waals surface area (Å²) in [5.41, 5.74) is 3.82. The highest BCUT2D eigenvalue weighted by Gasteiger charge is 2.10. The molecule has 1 aromatic carbocycles. The predicted octanol–water partition coefficient (Wildman–Crippen LogP) is 3.27. The number of fused-ring (bicyclic) bond motifs is 1. The molecule has 1 heterocycles. The van der Waals surface area contributed by atoms with Crippen LogP contribution in [0, 0.1) is 0 Å². The van der Waals surface area contributed by atoms with Gasteiger partial charge < -0.3 is 15.6 Å². The second-order valence-corrected chi connectivity index (χ2v) is 9.24. The molecule has 1 unspecified atom stereocenters. The van der Waals surface area contributed by atoms with Crippen LogP contribution in [0.25, 0.3) is 10.9 Å². The first-order chi connectivity index (χ1) is 12.8. The zero-order valence-electron chi connectivity index (χ0n) is 17.2. The lowest BCUT2D eigenvalue weighted by Crippen LogP contribution is -2.43. The van der Waals surface area contributed by atoms with E-state index in [9.17, 15) is 8.42 Å². The Bertz CT molecular complexity index is 877. The number of sulfone groups is 1. The summed E-state index contributed by atoms with van der Waals surface area (Å²) in [6.07, 6.45) is 5.76. The van der Waals surface area contributed by atoms with Crippen molar-refractivity contribution >= 4 is 50.7 Å². The van der Waals surface area contributed by atoms with E-state index >= 15 is 0 Å². The van der Waals surface area contributed by atoms with E-state index in [2.05, 4.69) is 51.9 Å². The molecule has 0 amide bonds. The van der Waals surface area contributed by atoms with Gasteiger partial charge in [0, 0.05) is 42.5 Å². The van der Waals surface area contributed by atoms with Crippen LogP contribution in [-0.4, -0.2) is 50.5 Å². The number of halogens is 1. The molecule has 0 aliphatic carbocycles. The maximum atomic E-state index is 11.3. The zero-order chi connectivity index (χ0) is 19.9. The van der Waals surface area contributed by atoms with Gasteiger partial charge in [-0.2, -0.15) is 0 Å². The maximum absolute atomic E-state index is 11.3. The van der Waals surface area contributed by atoms with Crippen molar-refractivity contribution in [3.63, 3.8) is 0 Å². The van der Waals surface area contributed by atoms with Crippen LogP contribution >= 0.6 is 24.0 Å². The van der Waals surface area contributed by atoms with Crippen molar-refractivity contribution in [1.82, 2.24) is 15.6 Å². The summed E-state index contributed by atoms with van der Waals surface area (Å²) in [5.74, 6) is 0.906. The highest BCUT2D eigenvalue weighted by atomic mass is 127. The van der Waals surface area contributed by atoms with Crippen LogP contribution in [0.1, 0.15) is 38.3 Å². The molecule has 6 nitrogen and oxygen atoms in total. The number of benzene rings is 1. The van der Waals surface area contributed by atoms with E-state index in [0.717, 1.165) is 25.3 Å². The van der Waals surface area contributed by atoms with Gasteiger partial charge in [0.15, 0.2) is 5.96 Å². The number of aliphatic imine (C=N–C) groups is 1. The Morgan fingerprint density at radius 3 is 2.64 bits per heavy atom. The monoisotopic (exact) mass is 520 g/mol. The van der Waals surface area contributed by atoms with Crippen LogP contribution in [0.15, 0.2) is 29.4 Å². The highest BCUT2D eigenvalue weighted by molar-refractivity contribution is 14.0. The topological polar surface area (TPSA) is 86.3 Å². The summed E-state index contributed by atoms with van der Waals surface area (Å²) in [5, 5.41) is 7.79. The number of aromatic nitrogens is 1. The third-order valence-corrected chi connectivity index (χ3v) is 5.55. The third-order valence-electron chi connectivity index (χ3n) is 4.57. The first-order valence-corrected chi connectivity index (χ1v) is 11.7. The molecule has 0 fully saturated rings. The fourth-order valence-corrected chi connectivity index (χ4v) is 3.86. The second kappa shape index (κ2) is 11.6. The smallest absolute Gasteiger partial charge is 0.191 e. The summed E-state index contributed by atoms with van der Waals surface area (Å²) < 4.78 is 22.7. The van der Waals surface area contributed by atoms with Crippen LogP contribution in [-0.2, 0) is 22.7 Å². The average Bonchev–Trinajstić information content (AvgIpc) is 3.03. The van der Waals surface area contributed by atoms with Gasteiger partial charge in [-0.25, -0.2) is 8.42 Å². The SMILES string of the molecule is CCNC(=NCCc1c[nH]c2c(CC)cccc12)NC(C)CCS(C)(=O)=O.I. The molecular formula is C20H33IN4O2S. The van der Waals surface area contributed by atoms with Gasteiger partial charge in [-0.05, 0) is 44.2 Å². The van der Waals surface area contributed by atoms with E-state index in [0.29, 0.717) is 13.0 Å². The normalized spacial score (nSPS) is 13.2. The number of para-hydroxylation sites is 1. The number of hydrogen-bond donors (Lipinski definition) is 3. The van der Waals surface area contributed by atoms with Gasteiger partial charge in [0.2, 0.25) is 0 Å². The molecule has 0 saturated heterocycles. The van der Waals surface area contributed by atoms with E-state index in [1.54, 1.807) is 0 Å². The lowest BCUT2D eigenvalue weighted by atomic mass is 10.1. The Labute approximate surface area is 185 Å². The minimum Gasteiger partial charge on any atom is -0.361 e. The Balaban J connectivity index is 0.00000392. The van der Waals surface area contributed by atoms with Crippen molar-refractivity contribution in [2.24, 2.45) is 4.99 Å². The molecule has 158 valence electrons. The minimum absolute atomic E-state index is 0. The summed E-state index contributed by atoms with van der Waals surface area (Å²) in [7, 11) is -2.94. The fourth-order valence-electron chi connectivity index (χ4n) is 3.08. The number of H-pyrrole nitrogens is 1. The van der Waals surface area contributed by atoms with Gasteiger partial charge in [-0.3, -0.25) is 4.99 Å². The van der Waals surface area contributed by atoms with Crippen molar-refractivity contribution in [2.75, 3.05) is 25.1 Å². The van der Waals surface area contributed by atoms with Crippen molar-refractivity contribution in [2.45, 2.75) is 46.1 Å². The molecule has 0 radical (unpaired) electrons. The zero-order valence-corrected chi connectivity index (χ0v) is 20.4. The number of aryl methyl sites for hydroxylation is 1. The first-order valence-electron chi connectivity index (χ1n) is 9.64. The molecule has 2 aromatic rings. The number of guanidine groups is 1. The molecule has 0 saturated carbocycles. The molecule has 0 spiro atoms. The lowest BCUT2D eigenvalue weighted by molar-refractivity contribution is 0.581. The van der Waals surface area contributed by atoms with Gasteiger partial charge in [0.05, 0.1) is 5.75 Å². The molecule has 0 aliphatic heterocycles. The molecular weight excluding hydrogens is 487 g/mol.